The molecule has 42 heavy (non-hydrogen) atoms. The fourth-order valence-electron chi connectivity index (χ4n) is 7.17. The van der Waals surface area contributed by atoms with Crippen LogP contribution in [0.1, 0.15) is 75.8 Å². The average molecular weight is 598 g/mol. The Hall–Kier alpha value is -3.10. The van der Waals surface area contributed by atoms with E-state index < -0.39 is 35.5 Å². The van der Waals surface area contributed by atoms with Gasteiger partial charge >= 0.3 is 6.09 Å². The SMILES string of the molecule is CC(C)(c1cccc(Cl)c1)C(c1ccccc1)C(C1CCCCC1)[C@H](OC(N)=O)C(=O)N[C@H](CO)C[C@@H]1CCNC1=O. The molecule has 2 unspecified atom stereocenters. The third-order valence-electron chi connectivity index (χ3n) is 9.23. The third kappa shape index (κ3) is 7.64. The lowest BCUT2D eigenvalue weighted by molar-refractivity contribution is -0.136. The van der Waals surface area contributed by atoms with Crippen LogP contribution in [0, 0.1) is 17.8 Å². The van der Waals surface area contributed by atoms with E-state index in [0.29, 0.717) is 24.4 Å². The second-order valence-electron chi connectivity index (χ2n) is 12.4. The van der Waals surface area contributed by atoms with Crippen molar-refractivity contribution in [3.05, 3.63) is 70.7 Å². The first-order chi connectivity index (χ1) is 20.1. The standard InChI is InChI=1S/C33H44ClN3O5/c1-33(2,24-14-9-15-25(34)19-24)28(22-12-7-4-8-13-22)27(21-10-5-3-6-11-21)29(42-32(35)41)31(40)37-26(20-38)18-23-16-17-36-30(23)39/h4,7-9,12-15,19,21,23,26-29,38H,3,5-6,10-11,16-18,20H2,1-2H3,(H2,35,41)(H,36,39)(H,37,40)/t23-,26-,27?,28?,29-/m0/s1. The molecule has 2 aromatic rings. The number of hydrogen-bond donors (Lipinski definition) is 4. The normalized spacial score (nSPS) is 20.7. The molecule has 3 amide bonds. The number of ether oxygens (including phenoxy) is 1. The number of carbonyl (C=O) groups excluding carboxylic acids is 3. The van der Waals surface area contributed by atoms with Crippen LogP contribution in [0.2, 0.25) is 5.02 Å². The predicted octanol–water partition coefficient (Wildman–Crippen LogP) is 5.07. The molecule has 0 aromatic heterocycles. The van der Waals surface area contributed by atoms with Crippen LogP contribution in [0.25, 0.3) is 0 Å². The number of nitrogens with two attached hydrogens (primary N) is 1. The van der Waals surface area contributed by atoms with Gasteiger partial charge in [-0.05, 0) is 47.4 Å². The maximum Gasteiger partial charge on any atom is 0.405 e. The fraction of sp³-hybridized carbons (Fsp3) is 0.545. The van der Waals surface area contributed by atoms with E-state index >= 15 is 0 Å². The molecule has 1 heterocycles. The van der Waals surface area contributed by atoms with Crippen molar-refractivity contribution in [3.8, 4) is 0 Å². The largest absolute Gasteiger partial charge is 0.436 e. The summed E-state index contributed by atoms with van der Waals surface area (Å²) in [5.74, 6) is -1.51. The van der Waals surface area contributed by atoms with Crippen molar-refractivity contribution in [2.75, 3.05) is 13.2 Å². The van der Waals surface area contributed by atoms with E-state index in [9.17, 15) is 19.5 Å². The molecule has 0 bridgehead atoms. The van der Waals surface area contributed by atoms with Gasteiger partial charge in [0.1, 0.15) is 0 Å². The maximum absolute atomic E-state index is 14.2. The minimum Gasteiger partial charge on any atom is -0.436 e. The molecule has 0 radical (unpaired) electrons. The number of aliphatic hydroxyl groups is 1. The van der Waals surface area contributed by atoms with Crippen LogP contribution in [0.15, 0.2) is 54.6 Å². The molecule has 1 saturated carbocycles. The number of nitrogens with one attached hydrogen (secondary N) is 2. The van der Waals surface area contributed by atoms with Crippen LogP contribution in [0.4, 0.5) is 4.79 Å². The second-order valence-corrected chi connectivity index (χ2v) is 12.8. The van der Waals surface area contributed by atoms with Crippen molar-refractivity contribution in [3.63, 3.8) is 0 Å². The third-order valence-corrected chi connectivity index (χ3v) is 9.47. The summed E-state index contributed by atoms with van der Waals surface area (Å²) in [7, 11) is 0. The molecular formula is C33H44ClN3O5. The Kier molecular flexibility index (Phi) is 10.9. The first-order valence-electron chi connectivity index (χ1n) is 15.1. The zero-order valence-electron chi connectivity index (χ0n) is 24.6. The van der Waals surface area contributed by atoms with Gasteiger partial charge in [-0.25, -0.2) is 4.79 Å². The van der Waals surface area contributed by atoms with Gasteiger partial charge in [0.05, 0.1) is 12.6 Å². The van der Waals surface area contributed by atoms with E-state index in [-0.39, 0.29) is 30.3 Å². The van der Waals surface area contributed by atoms with E-state index in [1.165, 1.54) is 0 Å². The number of rotatable bonds is 12. The highest BCUT2D eigenvalue weighted by Crippen LogP contribution is 2.50. The van der Waals surface area contributed by atoms with E-state index in [4.69, 9.17) is 22.1 Å². The lowest BCUT2D eigenvalue weighted by Gasteiger charge is -2.46. The molecule has 1 saturated heterocycles. The molecule has 9 heteroatoms. The van der Waals surface area contributed by atoms with Crippen molar-refractivity contribution in [1.82, 2.24) is 10.6 Å². The molecule has 0 spiro atoms. The first-order valence-corrected chi connectivity index (χ1v) is 15.5. The van der Waals surface area contributed by atoms with Crippen molar-refractivity contribution in [2.45, 2.75) is 82.3 Å². The number of aliphatic hydroxyl groups excluding tert-OH is 1. The van der Waals surface area contributed by atoms with E-state index in [1.807, 2.05) is 42.5 Å². The van der Waals surface area contributed by atoms with Crippen molar-refractivity contribution in [1.29, 1.82) is 0 Å². The van der Waals surface area contributed by atoms with Gasteiger partial charge in [0.15, 0.2) is 6.10 Å². The molecule has 2 aliphatic rings. The summed E-state index contributed by atoms with van der Waals surface area (Å²) in [6, 6.07) is 17.1. The van der Waals surface area contributed by atoms with Gasteiger partial charge in [-0.1, -0.05) is 100 Å². The highest BCUT2D eigenvalue weighted by atomic mass is 35.5. The maximum atomic E-state index is 14.2. The van der Waals surface area contributed by atoms with Crippen molar-refractivity contribution < 1.29 is 24.2 Å². The molecule has 1 aliphatic carbocycles. The Morgan fingerprint density at radius 1 is 1.10 bits per heavy atom. The monoisotopic (exact) mass is 597 g/mol. The molecule has 228 valence electrons. The van der Waals surface area contributed by atoms with Gasteiger partial charge in [0.25, 0.3) is 5.91 Å². The van der Waals surface area contributed by atoms with Crippen molar-refractivity contribution >= 4 is 29.5 Å². The van der Waals surface area contributed by atoms with Crippen LogP contribution in [0.3, 0.4) is 0 Å². The lowest BCUT2D eigenvalue weighted by Crippen LogP contribution is -2.53. The Morgan fingerprint density at radius 3 is 2.40 bits per heavy atom. The van der Waals surface area contributed by atoms with Gasteiger partial charge in [-0.2, -0.15) is 0 Å². The fourth-order valence-corrected chi connectivity index (χ4v) is 7.36. The topological polar surface area (TPSA) is 131 Å². The molecule has 2 fully saturated rings. The minimum absolute atomic E-state index is 0.0747. The quantitative estimate of drug-likeness (QED) is 0.271. The Morgan fingerprint density at radius 2 is 1.81 bits per heavy atom. The van der Waals surface area contributed by atoms with Crippen molar-refractivity contribution in [2.24, 2.45) is 23.5 Å². The highest BCUT2D eigenvalue weighted by Gasteiger charge is 2.49. The summed E-state index contributed by atoms with van der Waals surface area (Å²) in [5, 5.41) is 16.5. The summed E-state index contributed by atoms with van der Waals surface area (Å²) in [4.78, 5) is 38.8. The molecular weight excluding hydrogens is 554 g/mol. The van der Waals surface area contributed by atoms with E-state index in [2.05, 4.69) is 36.6 Å². The van der Waals surface area contributed by atoms with Crippen LogP contribution < -0.4 is 16.4 Å². The average Bonchev–Trinajstić information content (AvgIpc) is 3.38. The minimum atomic E-state index is -1.21. The van der Waals surface area contributed by atoms with Crippen LogP contribution in [-0.2, 0) is 19.7 Å². The number of hydrogen-bond acceptors (Lipinski definition) is 5. The molecule has 5 atom stereocenters. The molecule has 1 aliphatic heterocycles. The summed E-state index contributed by atoms with van der Waals surface area (Å²) in [6.07, 6.45) is 3.61. The summed E-state index contributed by atoms with van der Waals surface area (Å²) in [6.45, 7) is 4.51. The van der Waals surface area contributed by atoms with Gasteiger partial charge < -0.3 is 26.2 Å². The second kappa shape index (κ2) is 14.4. The van der Waals surface area contributed by atoms with Crippen LogP contribution in [-0.4, -0.2) is 48.3 Å². The number of benzene rings is 2. The predicted molar refractivity (Wildman–Crippen MR) is 163 cm³/mol. The smallest absolute Gasteiger partial charge is 0.405 e. The number of primary amides is 1. The number of amides is 3. The number of carbonyl (C=O) groups is 3. The molecule has 5 N–H and O–H groups in total. The Balaban J connectivity index is 1.79. The summed E-state index contributed by atoms with van der Waals surface area (Å²) >= 11 is 6.46. The molecule has 2 aromatic carbocycles. The highest BCUT2D eigenvalue weighted by molar-refractivity contribution is 6.30. The molecule has 8 nitrogen and oxygen atoms in total. The summed E-state index contributed by atoms with van der Waals surface area (Å²) < 4.78 is 5.76. The van der Waals surface area contributed by atoms with Gasteiger partial charge in [-0.15, -0.1) is 0 Å². The Bertz CT molecular complexity index is 1220. The Labute approximate surface area is 253 Å². The van der Waals surface area contributed by atoms with Crippen LogP contribution >= 0.6 is 11.6 Å². The number of halogens is 1. The zero-order chi connectivity index (χ0) is 30.3. The van der Waals surface area contributed by atoms with Gasteiger partial charge in [-0.3, -0.25) is 9.59 Å². The molecule has 4 rings (SSSR count). The lowest BCUT2D eigenvalue weighted by atomic mass is 9.59. The summed E-state index contributed by atoms with van der Waals surface area (Å²) in [5.41, 5.74) is 7.12. The first kappa shape index (κ1) is 31.8. The zero-order valence-corrected chi connectivity index (χ0v) is 25.3. The van der Waals surface area contributed by atoms with E-state index in [1.54, 1.807) is 0 Å². The van der Waals surface area contributed by atoms with Gasteiger partial charge in [0, 0.05) is 29.3 Å². The van der Waals surface area contributed by atoms with Gasteiger partial charge in [0.2, 0.25) is 5.91 Å². The van der Waals surface area contributed by atoms with E-state index in [0.717, 1.165) is 43.2 Å². The van der Waals surface area contributed by atoms with Crippen LogP contribution in [0.5, 0.6) is 0 Å².